The summed E-state index contributed by atoms with van der Waals surface area (Å²) in [6.07, 6.45) is -0.0586. The first-order chi connectivity index (χ1) is 27.2. The van der Waals surface area contributed by atoms with Crippen LogP contribution in [0.5, 0.6) is 23.0 Å². The van der Waals surface area contributed by atoms with Crippen LogP contribution in [0.2, 0.25) is 0 Å². The molecule has 11 N–H and O–H groups in total. The molecule has 0 heterocycles. The molecule has 0 spiro atoms. The number of carbonyl (C=O) groups is 4. The molecule has 4 aromatic carbocycles. The third-order valence-electron chi connectivity index (χ3n) is 7.63. The van der Waals surface area contributed by atoms with E-state index in [1.165, 1.54) is 37.4 Å². The van der Waals surface area contributed by atoms with Gasteiger partial charge in [-0.3, -0.25) is 9.59 Å². The van der Waals surface area contributed by atoms with E-state index in [0.29, 0.717) is 52.0 Å². The number of aliphatic hydroxyl groups excluding tert-OH is 2. The van der Waals surface area contributed by atoms with Crippen molar-refractivity contribution in [1.29, 1.82) is 0 Å². The number of nitrogen functional groups attached to an aromatic ring is 3. The molecule has 58 heavy (non-hydrogen) atoms. The van der Waals surface area contributed by atoms with E-state index < -0.39 is 30.9 Å². The lowest BCUT2D eigenvalue weighted by atomic mass is 10.1. The molecule has 0 saturated carbocycles. The highest BCUT2D eigenvalue weighted by atomic mass is 16.5. The molecule has 0 saturated heterocycles. The average molecular weight is 809 g/mol. The molecule has 0 aliphatic heterocycles. The number of nitrogens with zero attached hydrogens (tertiary/aromatic N) is 1. The number of carboxylic acids is 2. The van der Waals surface area contributed by atoms with Gasteiger partial charge in [0.1, 0.15) is 47.3 Å². The van der Waals surface area contributed by atoms with Gasteiger partial charge in [-0.25, -0.2) is 9.59 Å². The number of carbonyl (C=O) groups excluding carboxylic acids is 2. The fraction of sp³-hybridized carbons (Fsp3) is 0.333. The van der Waals surface area contributed by atoms with Crippen LogP contribution in [-0.4, -0.2) is 94.2 Å². The van der Waals surface area contributed by atoms with Crippen molar-refractivity contribution in [1.82, 2.24) is 0 Å². The molecule has 0 fully saturated rings. The van der Waals surface area contributed by atoms with Gasteiger partial charge in [-0.2, -0.15) is 0 Å². The molecule has 316 valence electrons. The lowest BCUT2D eigenvalue weighted by Gasteiger charge is -2.33. The topological polar surface area (TPSA) is 278 Å². The predicted octanol–water partition coefficient (Wildman–Crippen LogP) is 5.76. The minimum Gasteiger partial charge on any atom is -0.507 e. The summed E-state index contributed by atoms with van der Waals surface area (Å²) in [6, 6.07) is 19.3. The third kappa shape index (κ3) is 15.5. The quantitative estimate of drug-likeness (QED) is 0.0555. The standard InChI is InChI=1S/C13H19NO3.2C10H13NO3.C9H11NO3/c1-8(2)14(9(3)4)10-5-6-12(15)11(7-10)13(16)17;1-6(2)14-9-4-3-7(11)5-8(9)10(12)13;1-2-14-10-4-3-7(11)5-8(10)9(13)6-12;1-13-9-3-2-6(10)4-7(9)8(12)5-11/h5-9,15H,1-4H3,(H,16,17);3-6H,11H2,1-2H3,(H,12,13);3-5,12H,2,6,11H2,1H3;2-4,11H,5,10H2,1H3. The SMILES string of the molecule is CC(C)N(c1ccc(O)c(C(=O)O)c1)C(C)C.CC(C)Oc1ccc(N)cc1C(=O)O.CCOc1ccc(N)cc1C(=O)CO.COc1ccc(N)cc1C(=O)CO. The van der Waals surface area contributed by atoms with Crippen LogP contribution >= 0.6 is 0 Å². The number of phenols is 1. The van der Waals surface area contributed by atoms with Crippen molar-refractivity contribution < 1.29 is 58.9 Å². The Bertz CT molecular complexity index is 1970. The molecular formula is C42H56N4O12. The Hall–Kier alpha value is -6.52. The second-order valence-electron chi connectivity index (χ2n) is 13.1. The molecule has 16 heteroatoms. The number of ketones is 2. The van der Waals surface area contributed by atoms with Crippen molar-refractivity contribution in [3.8, 4) is 23.0 Å². The number of nitrogens with two attached hydrogens (primary N) is 3. The molecule has 0 amide bonds. The van der Waals surface area contributed by atoms with Crippen molar-refractivity contribution in [3.05, 3.63) is 95.1 Å². The minimum absolute atomic E-state index is 0.0586. The van der Waals surface area contributed by atoms with Crippen LogP contribution in [-0.2, 0) is 0 Å². The molecule has 0 bridgehead atoms. The Labute approximate surface area is 338 Å². The maximum Gasteiger partial charge on any atom is 0.339 e. The minimum atomic E-state index is -1.11. The summed E-state index contributed by atoms with van der Waals surface area (Å²) in [5.74, 6) is -1.90. The highest BCUT2D eigenvalue weighted by molar-refractivity contribution is 6.01. The van der Waals surface area contributed by atoms with Gasteiger partial charge >= 0.3 is 11.9 Å². The fourth-order valence-electron chi connectivity index (χ4n) is 5.28. The molecule has 4 rings (SSSR count). The number of aromatic hydroxyl groups is 1. The summed E-state index contributed by atoms with van der Waals surface area (Å²) in [4.78, 5) is 46.3. The zero-order chi connectivity index (χ0) is 44.3. The summed E-state index contributed by atoms with van der Waals surface area (Å²) in [5, 5.41) is 44.7. The van der Waals surface area contributed by atoms with Crippen LogP contribution in [0.1, 0.15) is 89.9 Å². The molecule has 0 aromatic heterocycles. The molecule has 0 aliphatic rings. The maximum absolute atomic E-state index is 11.3. The summed E-state index contributed by atoms with van der Waals surface area (Å²) in [7, 11) is 1.46. The van der Waals surface area contributed by atoms with Gasteiger partial charge in [0.15, 0.2) is 11.6 Å². The number of anilines is 4. The Morgan fingerprint density at radius 2 is 1.05 bits per heavy atom. The number of Topliss-reactive ketones (excluding diaryl/α,β-unsaturated/α-hetero) is 2. The first kappa shape index (κ1) is 49.5. The molecule has 0 aliphatic carbocycles. The zero-order valence-corrected chi connectivity index (χ0v) is 34.1. The van der Waals surface area contributed by atoms with E-state index in [0.717, 1.165) is 5.69 Å². The number of rotatable bonds is 14. The van der Waals surface area contributed by atoms with Gasteiger partial charge in [0.05, 0.1) is 30.9 Å². The normalized spacial score (nSPS) is 10.2. The van der Waals surface area contributed by atoms with E-state index >= 15 is 0 Å². The van der Waals surface area contributed by atoms with Gasteiger partial charge in [0.25, 0.3) is 0 Å². The smallest absolute Gasteiger partial charge is 0.339 e. The Balaban J connectivity index is 0.000000389. The van der Waals surface area contributed by atoms with Gasteiger partial charge in [-0.15, -0.1) is 0 Å². The van der Waals surface area contributed by atoms with Crippen molar-refractivity contribution in [3.63, 3.8) is 0 Å². The fourth-order valence-corrected chi connectivity index (χ4v) is 5.28. The van der Waals surface area contributed by atoms with E-state index in [-0.39, 0.29) is 40.8 Å². The van der Waals surface area contributed by atoms with Crippen LogP contribution in [0, 0.1) is 0 Å². The number of benzene rings is 4. The van der Waals surface area contributed by atoms with Crippen molar-refractivity contribution >= 4 is 46.3 Å². The lowest BCUT2D eigenvalue weighted by molar-refractivity contribution is 0.0680. The third-order valence-corrected chi connectivity index (χ3v) is 7.63. The van der Waals surface area contributed by atoms with Gasteiger partial charge in [-0.05, 0) is 121 Å². The number of ether oxygens (including phenoxy) is 3. The van der Waals surface area contributed by atoms with Gasteiger partial charge in [0, 0.05) is 34.8 Å². The van der Waals surface area contributed by atoms with Crippen molar-refractivity contribution in [2.75, 3.05) is 49.0 Å². The van der Waals surface area contributed by atoms with Gasteiger partial charge in [0.2, 0.25) is 0 Å². The molecule has 16 nitrogen and oxygen atoms in total. The van der Waals surface area contributed by atoms with Crippen LogP contribution in [0.4, 0.5) is 22.7 Å². The summed E-state index contributed by atoms with van der Waals surface area (Å²) < 4.78 is 15.5. The largest absolute Gasteiger partial charge is 0.507 e. The Morgan fingerprint density at radius 3 is 1.45 bits per heavy atom. The molecule has 0 atom stereocenters. The number of carboxylic acid groups (broad SMARTS) is 2. The maximum atomic E-state index is 11.3. The average Bonchev–Trinajstić information content (AvgIpc) is 3.16. The number of hydrogen-bond acceptors (Lipinski definition) is 14. The lowest BCUT2D eigenvalue weighted by Crippen LogP contribution is -2.37. The van der Waals surface area contributed by atoms with Crippen LogP contribution in [0.15, 0.2) is 72.8 Å². The van der Waals surface area contributed by atoms with E-state index in [9.17, 15) is 24.3 Å². The zero-order valence-electron chi connectivity index (χ0n) is 34.1. The van der Waals surface area contributed by atoms with Crippen LogP contribution in [0.25, 0.3) is 0 Å². The first-order valence-electron chi connectivity index (χ1n) is 18.1. The molecule has 4 aromatic rings. The Kier molecular flexibility index (Phi) is 20.6. The van der Waals surface area contributed by atoms with E-state index in [4.69, 9.17) is 51.8 Å². The summed E-state index contributed by atoms with van der Waals surface area (Å²) in [5.41, 5.74) is 19.3. The molecule has 0 radical (unpaired) electrons. The highest BCUT2D eigenvalue weighted by Crippen LogP contribution is 2.27. The second-order valence-corrected chi connectivity index (χ2v) is 13.1. The number of aromatic carboxylic acids is 2. The second kappa shape index (κ2) is 24.2. The summed E-state index contributed by atoms with van der Waals surface area (Å²) in [6.45, 7) is 13.1. The summed E-state index contributed by atoms with van der Waals surface area (Å²) >= 11 is 0. The monoisotopic (exact) mass is 808 g/mol. The van der Waals surface area contributed by atoms with E-state index in [1.807, 2.05) is 48.5 Å². The van der Waals surface area contributed by atoms with Crippen molar-refractivity contribution in [2.45, 2.75) is 66.7 Å². The predicted molar refractivity (Wildman–Crippen MR) is 224 cm³/mol. The first-order valence-corrected chi connectivity index (χ1v) is 18.1. The van der Waals surface area contributed by atoms with Gasteiger partial charge < -0.3 is 61.8 Å². The van der Waals surface area contributed by atoms with E-state index in [1.54, 1.807) is 42.5 Å². The van der Waals surface area contributed by atoms with Crippen LogP contribution in [0.3, 0.4) is 0 Å². The molecule has 0 unspecified atom stereocenters. The van der Waals surface area contributed by atoms with Crippen LogP contribution < -0.4 is 36.3 Å². The highest BCUT2D eigenvalue weighted by Gasteiger charge is 2.18. The molecular weight excluding hydrogens is 752 g/mol. The number of hydrogen-bond donors (Lipinski definition) is 8. The Morgan fingerprint density at radius 1 is 0.621 bits per heavy atom. The number of methoxy groups -OCH3 is 1. The number of aliphatic hydroxyl groups is 2. The van der Waals surface area contributed by atoms with Gasteiger partial charge in [-0.1, -0.05) is 0 Å². The van der Waals surface area contributed by atoms with Crippen molar-refractivity contribution in [2.24, 2.45) is 0 Å². The van der Waals surface area contributed by atoms with E-state index in [2.05, 4.69) is 4.90 Å².